The van der Waals surface area contributed by atoms with Crippen LogP contribution in [0.25, 0.3) is 20.8 Å². The number of aliphatic hydroxyl groups is 3. The summed E-state index contributed by atoms with van der Waals surface area (Å²) in [5.74, 6) is 1.32. The van der Waals surface area contributed by atoms with Gasteiger partial charge in [-0.05, 0) is 45.1 Å². The molecular weight excluding hydrogens is 440 g/mol. The lowest BCUT2D eigenvalue weighted by atomic mass is 9.80. The summed E-state index contributed by atoms with van der Waals surface area (Å²) in [7, 11) is 0. The lowest BCUT2D eigenvalue weighted by Crippen LogP contribution is -2.36. The number of fused-ring (bicyclic) bond motifs is 1. The van der Waals surface area contributed by atoms with Crippen LogP contribution in [0, 0.1) is 18.8 Å². The molecule has 2 saturated carbocycles. The average Bonchev–Trinajstić information content (AvgIpc) is 3.28. The van der Waals surface area contributed by atoms with Gasteiger partial charge in [-0.15, -0.1) is 11.3 Å². The van der Waals surface area contributed by atoms with E-state index >= 15 is 0 Å². The number of nitrogens with one attached hydrogen (secondary N) is 2. The van der Waals surface area contributed by atoms with Gasteiger partial charge in [0.25, 0.3) is 0 Å². The largest absolute Gasteiger partial charge is 0.396 e. The van der Waals surface area contributed by atoms with Crippen LogP contribution in [0.3, 0.4) is 0 Å². The van der Waals surface area contributed by atoms with Crippen LogP contribution in [0.4, 0.5) is 11.8 Å². The number of anilines is 2. The van der Waals surface area contributed by atoms with E-state index in [0.29, 0.717) is 24.1 Å². The van der Waals surface area contributed by atoms with Crippen LogP contribution < -0.4 is 10.6 Å². The number of aromatic nitrogens is 4. The molecule has 5 atom stereocenters. The van der Waals surface area contributed by atoms with Gasteiger partial charge in [0.05, 0.1) is 28.6 Å². The van der Waals surface area contributed by atoms with Crippen molar-refractivity contribution in [1.82, 2.24) is 19.9 Å². The zero-order chi connectivity index (χ0) is 23.1. The van der Waals surface area contributed by atoms with Crippen LogP contribution in [0.15, 0.2) is 18.5 Å². The fourth-order valence-corrected chi connectivity index (χ4v) is 5.69. The molecule has 33 heavy (non-hydrogen) atoms. The normalized spacial score (nSPS) is 26.3. The molecule has 2 fully saturated rings. The molecule has 3 heterocycles. The van der Waals surface area contributed by atoms with Gasteiger partial charge in [-0.3, -0.25) is 4.98 Å². The second kappa shape index (κ2) is 9.09. The highest BCUT2D eigenvalue weighted by Crippen LogP contribution is 2.37. The van der Waals surface area contributed by atoms with E-state index in [-0.39, 0.29) is 18.6 Å². The third-order valence-corrected chi connectivity index (χ3v) is 8.05. The van der Waals surface area contributed by atoms with E-state index in [1.807, 2.05) is 13.0 Å². The minimum absolute atomic E-state index is 0.178. The maximum atomic E-state index is 10.5. The molecular formula is C23H30N6O3S. The summed E-state index contributed by atoms with van der Waals surface area (Å²) in [6.07, 6.45) is 5.66. The maximum Gasteiger partial charge on any atom is 0.224 e. The third-order valence-electron chi connectivity index (χ3n) is 7.00. The molecule has 0 aromatic carbocycles. The van der Waals surface area contributed by atoms with Crippen LogP contribution in [-0.2, 0) is 0 Å². The van der Waals surface area contributed by atoms with Crippen molar-refractivity contribution in [3.05, 3.63) is 24.2 Å². The first kappa shape index (κ1) is 22.4. The van der Waals surface area contributed by atoms with Gasteiger partial charge >= 0.3 is 0 Å². The second-order valence-corrected chi connectivity index (χ2v) is 10.3. The molecule has 0 aliphatic heterocycles. The van der Waals surface area contributed by atoms with E-state index in [9.17, 15) is 15.3 Å². The van der Waals surface area contributed by atoms with Crippen molar-refractivity contribution >= 4 is 33.3 Å². The number of aryl methyl sites for hydroxylation is 1. The average molecular weight is 471 g/mol. The number of rotatable bonds is 7. The summed E-state index contributed by atoms with van der Waals surface area (Å²) in [6, 6.07) is 1.83. The standard InChI is InChI=1S/C23H30N6O3S/c1-11-6-18-17(9-24-11)28-22(33-18)15-8-25-23(26-12(2)13-4-3-5-13)29-21(15)27-16-7-14(10-30)19(31)20(16)32/h6,8-9,12-14,16,19-20,30-32H,3-5,7,10H2,1-2H3,(H2,25,26,27,29)/t12-,14-,16-,19-,20+/m1/s1. The maximum absolute atomic E-state index is 10.5. The van der Waals surface area contributed by atoms with Gasteiger partial charge in [0.15, 0.2) is 0 Å². The van der Waals surface area contributed by atoms with E-state index in [4.69, 9.17) is 9.97 Å². The number of thiazole rings is 1. The Morgan fingerprint density at radius 1 is 1.15 bits per heavy atom. The summed E-state index contributed by atoms with van der Waals surface area (Å²) in [5, 5.41) is 37.9. The summed E-state index contributed by atoms with van der Waals surface area (Å²) in [4.78, 5) is 18.4. The monoisotopic (exact) mass is 470 g/mol. The van der Waals surface area contributed by atoms with Crippen molar-refractivity contribution in [3.8, 4) is 10.6 Å². The van der Waals surface area contributed by atoms with Gasteiger partial charge in [-0.2, -0.15) is 4.98 Å². The molecule has 0 amide bonds. The highest BCUT2D eigenvalue weighted by atomic mass is 32.1. The highest BCUT2D eigenvalue weighted by Gasteiger charge is 2.41. The summed E-state index contributed by atoms with van der Waals surface area (Å²) >= 11 is 1.54. The lowest BCUT2D eigenvalue weighted by molar-refractivity contribution is 0.00446. The number of nitrogens with zero attached hydrogens (tertiary/aromatic N) is 4. The van der Waals surface area contributed by atoms with Crippen molar-refractivity contribution in [2.24, 2.45) is 11.8 Å². The smallest absolute Gasteiger partial charge is 0.224 e. The first-order valence-corrected chi connectivity index (χ1v) is 12.3. The SMILES string of the molecule is Cc1cc2sc(-c3cnc(N[C@H](C)C4CCC4)nc3N[C@@H]3C[C@H](CO)[C@@H](O)[C@H]3O)nc2cn1. The van der Waals surface area contributed by atoms with E-state index in [0.717, 1.165) is 26.5 Å². The Labute approximate surface area is 196 Å². The van der Waals surface area contributed by atoms with Gasteiger partial charge in [0.1, 0.15) is 22.4 Å². The van der Waals surface area contributed by atoms with Crippen LogP contribution in [0.2, 0.25) is 0 Å². The Morgan fingerprint density at radius 3 is 2.67 bits per heavy atom. The van der Waals surface area contributed by atoms with Crippen molar-refractivity contribution in [2.45, 2.75) is 63.8 Å². The van der Waals surface area contributed by atoms with Crippen LogP contribution >= 0.6 is 11.3 Å². The van der Waals surface area contributed by atoms with Crippen LogP contribution in [0.1, 0.15) is 38.3 Å². The first-order valence-electron chi connectivity index (χ1n) is 11.5. The molecule has 0 radical (unpaired) electrons. The Morgan fingerprint density at radius 2 is 1.97 bits per heavy atom. The van der Waals surface area contributed by atoms with E-state index < -0.39 is 18.2 Å². The number of hydrogen-bond acceptors (Lipinski definition) is 10. The summed E-state index contributed by atoms with van der Waals surface area (Å²) in [6.45, 7) is 3.92. The molecule has 0 spiro atoms. The molecule has 176 valence electrons. The Hall–Kier alpha value is -2.40. The topological polar surface area (TPSA) is 136 Å². The minimum atomic E-state index is -1.00. The zero-order valence-corrected chi connectivity index (χ0v) is 19.6. The molecule has 10 heteroatoms. The van der Waals surface area contributed by atoms with E-state index in [2.05, 4.69) is 27.5 Å². The molecule has 0 bridgehead atoms. The molecule has 2 aliphatic rings. The van der Waals surface area contributed by atoms with Gasteiger partial charge in [0.2, 0.25) is 5.95 Å². The molecule has 5 rings (SSSR count). The molecule has 3 aromatic heterocycles. The third kappa shape index (κ3) is 4.40. The van der Waals surface area contributed by atoms with Gasteiger partial charge < -0.3 is 26.0 Å². The Kier molecular flexibility index (Phi) is 6.17. The fourth-order valence-electron chi connectivity index (χ4n) is 4.65. The fraction of sp³-hybridized carbons (Fsp3) is 0.565. The van der Waals surface area contributed by atoms with Gasteiger partial charge in [-0.1, -0.05) is 6.42 Å². The summed E-state index contributed by atoms with van der Waals surface area (Å²) < 4.78 is 1.03. The van der Waals surface area contributed by atoms with E-state index in [1.54, 1.807) is 12.4 Å². The Balaban J connectivity index is 1.48. The molecule has 0 saturated heterocycles. The Bertz CT molecular complexity index is 1140. The van der Waals surface area contributed by atoms with Crippen molar-refractivity contribution in [2.75, 3.05) is 17.2 Å². The number of pyridine rings is 1. The highest BCUT2D eigenvalue weighted by molar-refractivity contribution is 7.21. The molecule has 3 aromatic rings. The van der Waals surface area contributed by atoms with Gasteiger partial charge in [-0.25, -0.2) is 9.97 Å². The zero-order valence-electron chi connectivity index (χ0n) is 18.8. The molecule has 0 unspecified atom stereocenters. The lowest BCUT2D eigenvalue weighted by Gasteiger charge is -2.32. The van der Waals surface area contributed by atoms with Crippen LogP contribution in [-0.4, -0.2) is 66.2 Å². The predicted octanol–water partition coefficient (Wildman–Crippen LogP) is 2.57. The molecule has 2 aliphatic carbocycles. The molecule has 5 N–H and O–H groups in total. The van der Waals surface area contributed by atoms with Crippen molar-refractivity contribution < 1.29 is 15.3 Å². The number of hydrogen-bond donors (Lipinski definition) is 5. The predicted molar refractivity (Wildman–Crippen MR) is 128 cm³/mol. The van der Waals surface area contributed by atoms with Crippen molar-refractivity contribution in [1.29, 1.82) is 0 Å². The molecule has 9 nitrogen and oxygen atoms in total. The second-order valence-electron chi connectivity index (χ2n) is 9.30. The van der Waals surface area contributed by atoms with Crippen molar-refractivity contribution in [3.63, 3.8) is 0 Å². The quantitative estimate of drug-likeness (QED) is 0.353. The van der Waals surface area contributed by atoms with Gasteiger partial charge in [0, 0.05) is 30.5 Å². The number of aliphatic hydroxyl groups excluding tert-OH is 3. The first-order chi connectivity index (χ1) is 15.9. The van der Waals surface area contributed by atoms with E-state index in [1.165, 1.54) is 30.6 Å². The minimum Gasteiger partial charge on any atom is -0.396 e. The summed E-state index contributed by atoms with van der Waals surface area (Å²) in [5.41, 5.74) is 2.46. The van der Waals surface area contributed by atoms with Crippen LogP contribution in [0.5, 0.6) is 0 Å².